The highest BCUT2D eigenvalue weighted by atomic mass is 16.2. The molecule has 1 aliphatic heterocycles. The summed E-state index contributed by atoms with van der Waals surface area (Å²) in [4.78, 5) is 14.9. The molecule has 7 nitrogen and oxygen atoms in total. The Kier molecular flexibility index (Phi) is 4.99. The SMILES string of the molecule is CC(C(=O)Nc1ccnn1C(C)C)N1CCCC(c2ccn[nH]2)C1. The molecular weight excluding hydrogens is 304 g/mol. The zero-order valence-corrected chi connectivity index (χ0v) is 14.6. The summed E-state index contributed by atoms with van der Waals surface area (Å²) in [6, 6.07) is 3.91. The summed E-state index contributed by atoms with van der Waals surface area (Å²) in [5.41, 5.74) is 1.16. The molecule has 0 radical (unpaired) electrons. The number of hydrogen-bond acceptors (Lipinski definition) is 4. The second-order valence-corrected chi connectivity index (χ2v) is 6.77. The number of H-pyrrole nitrogens is 1. The Hall–Kier alpha value is -2.15. The van der Waals surface area contributed by atoms with E-state index < -0.39 is 0 Å². The summed E-state index contributed by atoms with van der Waals surface area (Å²) in [6.45, 7) is 7.89. The van der Waals surface area contributed by atoms with Crippen molar-refractivity contribution >= 4 is 11.7 Å². The molecule has 2 N–H and O–H groups in total. The van der Waals surface area contributed by atoms with Crippen LogP contribution >= 0.6 is 0 Å². The summed E-state index contributed by atoms with van der Waals surface area (Å²) in [5, 5.41) is 14.4. The first-order valence-electron chi connectivity index (χ1n) is 8.64. The predicted octanol–water partition coefficient (Wildman–Crippen LogP) is 2.39. The molecule has 24 heavy (non-hydrogen) atoms. The lowest BCUT2D eigenvalue weighted by atomic mass is 9.94. The molecule has 1 aliphatic rings. The second kappa shape index (κ2) is 7.17. The monoisotopic (exact) mass is 330 g/mol. The maximum Gasteiger partial charge on any atom is 0.242 e. The van der Waals surface area contributed by atoms with E-state index >= 15 is 0 Å². The lowest BCUT2D eigenvalue weighted by molar-refractivity contribution is -0.121. The number of nitrogens with one attached hydrogen (secondary N) is 2. The van der Waals surface area contributed by atoms with Crippen molar-refractivity contribution < 1.29 is 4.79 Å². The van der Waals surface area contributed by atoms with E-state index in [0.717, 1.165) is 37.4 Å². The molecule has 0 saturated carbocycles. The molecule has 2 aromatic heterocycles. The van der Waals surface area contributed by atoms with Gasteiger partial charge in [-0.15, -0.1) is 0 Å². The molecule has 1 saturated heterocycles. The van der Waals surface area contributed by atoms with E-state index in [9.17, 15) is 4.79 Å². The van der Waals surface area contributed by atoms with Crippen LogP contribution in [0.2, 0.25) is 0 Å². The molecule has 3 rings (SSSR count). The van der Waals surface area contributed by atoms with Crippen LogP contribution in [0.4, 0.5) is 5.82 Å². The van der Waals surface area contributed by atoms with Gasteiger partial charge in [0.05, 0.1) is 12.2 Å². The molecule has 0 aromatic carbocycles. The average molecular weight is 330 g/mol. The second-order valence-electron chi connectivity index (χ2n) is 6.77. The van der Waals surface area contributed by atoms with Crippen molar-refractivity contribution in [2.24, 2.45) is 0 Å². The zero-order chi connectivity index (χ0) is 17.1. The molecule has 2 atom stereocenters. The van der Waals surface area contributed by atoms with Crippen LogP contribution in [0.3, 0.4) is 0 Å². The fraction of sp³-hybridized carbons (Fsp3) is 0.588. The first kappa shape index (κ1) is 16.7. The number of anilines is 1. The van der Waals surface area contributed by atoms with Gasteiger partial charge in [-0.25, -0.2) is 4.68 Å². The van der Waals surface area contributed by atoms with E-state index in [-0.39, 0.29) is 18.0 Å². The van der Waals surface area contributed by atoms with Gasteiger partial charge in [0.15, 0.2) is 0 Å². The Morgan fingerprint density at radius 3 is 2.88 bits per heavy atom. The molecule has 0 bridgehead atoms. The van der Waals surface area contributed by atoms with E-state index in [2.05, 4.69) is 25.5 Å². The van der Waals surface area contributed by atoms with Gasteiger partial charge in [-0.1, -0.05) is 0 Å². The van der Waals surface area contributed by atoms with E-state index in [1.807, 2.05) is 37.6 Å². The van der Waals surface area contributed by atoms with Crippen LogP contribution in [0.5, 0.6) is 0 Å². The molecular formula is C17H26N6O. The van der Waals surface area contributed by atoms with Crippen molar-refractivity contribution in [2.45, 2.75) is 51.6 Å². The minimum atomic E-state index is -0.175. The predicted molar refractivity (Wildman–Crippen MR) is 92.8 cm³/mol. The highest BCUT2D eigenvalue weighted by Crippen LogP contribution is 2.26. The van der Waals surface area contributed by atoms with Crippen LogP contribution in [0, 0.1) is 0 Å². The summed E-state index contributed by atoms with van der Waals surface area (Å²) >= 11 is 0. The fourth-order valence-electron chi connectivity index (χ4n) is 3.33. The van der Waals surface area contributed by atoms with E-state index in [1.165, 1.54) is 0 Å². The minimum Gasteiger partial charge on any atom is -0.310 e. The van der Waals surface area contributed by atoms with Crippen molar-refractivity contribution in [1.82, 2.24) is 24.9 Å². The van der Waals surface area contributed by atoms with Crippen LogP contribution in [0.15, 0.2) is 24.5 Å². The van der Waals surface area contributed by atoms with E-state index in [1.54, 1.807) is 12.4 Å². The van der Waals surface area contributed by atoms with E-state index in [0.29, 0.717) is 5.92 Å². The number of carbonyl (C=O) groups is 1. The fourth-order valence-corrected chi connectivity index (χ4v) is 3.33. The first-order valence-corrected chi connectivity index (χ1v) is 8.64. The van der Waals surface area contributed by atoms with Crippen LogP contribution in [-0.4, -0.2) is 49.9 Å². The topological polar surface area (TPSA) is 78.8 Å². The minimum absolute atomic E-state index is 0.0164. The van der Waals surface area contributed by atoms with E-state index in [4.69, 9.17) is 0 Å². The summed E-state index contributed by atoms with van der Waals surface area (Å²) in [7, 11) is 0. The molecule has 1 fully saturated rings. The Labute approximate surface area is 142 Å². The number of aromatic amines is 1. The number of carbonyl (C=O) groups excluding carboxylic acids is 1. The van der Waals surface area contributed by atoms with Gasteiger partial charge in [-0.2, -0.15) is 10.2 Å². The van der Waals surface area contributed by atoms with Crippen LogP contribution in [-0.2, 0) is 4.79 Å². The van der Waals surface area contributed by atoms with Crippen molar-refractivity contribution in [3.8, 4) is 0 Å². The van der Waals surface area contributed by atoms with Crippen molar-refractivity contribution in [3.63, 3.8) is 0 Å². The standard InChI is InChI=1S/C17H26N6O/c1-12(2)23-16(7-9-19-23)20-17(24)13(3)22-10-4-5-14(11-22)15-6-8-18-21-15/h6-9,12-14H,4-5,10-11H2,1-3H3,(H,18,21)(H,20,24). The normalized spacial score (nSPS) is 20.2. The highest BCUT2D eigenvalue weighted by Gasteiger charge is 2.29. The van der Waals surface area contributed by atoms with Crippen LogP contribution in [0.25, 0.3) is 0 Å². The number of aromatic nitrogens is 4. The largest absolute Gasteiger partial charge is 0.310 e. The number of rotatable bonds is 5. The average Bonchev–Trinajstić information content (AvgIpc) is 3.25. The van der Waals surface area contributed by atoms with Gasteiger partial charge in [-0.05, 0) is 46.2 Å². The lowest BCUT2D eigenvalue weighted by Gasteiger charge is -2.35. The Bertz CT molecular complexity index is 662. The molecule has 2 aromatic rings. The van der Waals surface area contributed by atoms with Gasteiger partial charge >= 0.3 is 0 Å². The van der Waals surface area contributed by atoms with Crippen molar-refractivity contribution in [1.29, 1.82) is 0 Å². The van der Waals surface area contributed by atoms with Crippen LogP contribution < -0.4 is 5.32 Å². The summed E-state index contributed by atoms with van der Waals surface area (Å²) < 4.78 is 1.83. The third kappa shape index (κ3) is 3.51. The Morgan fingerprint density at radius 2 is 2.17 bits per heavy atom. The van der Waals surface area contributed by atoms with Gasteiger partial charge < -0.3 is 5.32 Å². The zero-order valence-electron chi connectivity index (χ0n) is 14.6. The van der Waals surface area contributed by atoms with Gasteiger partial charge in [0.2, 0.25) is 5.91 Å². The third-order valence-corrected chi connectivity index (χ3v) is 4.75. The molecule has 2 unspecified atom stereocenters. The molecule has 7 heteroatoms. The number of hydrogen-bond donors (Lipinski definition) is 2. The molecule has 1 amide bonds. The maximum absolute atomic E-state index is 12.7. The smallest absolute Gasteiger partial charge is 0.242 e. The molecule has 0 spiro atoms. The summed E-state index contributed by atoms with van der Waals surface area (Å²) in [6.07, 6.45) is 5.73. The van der Waals surface area contributed by atoms with Crippen LogP contribution in [0.1, 0.15) is 51.3 Å². The number of likely N-dealkylation sites (tertiary alicyclic amines) is 1. The molecule has 3 heterocycles. The molecule has 130 valence electrons. The number of amides is 1. The van der Waals surface area contributed by atoms with Gasteiger partial charge in [0.1, 0.15) is 5.82 Å². The maximum atomic E-state index is 12.7. The third-order valence-electron chi connectivity index (χ3n) is 4.75. The van der Waals surface area contributed by atoms with Gasteiger partial charge in [-0.3, -0.25) is 14.8 Å². The highest BCUT2D eigenvalue weighted by molar-refractivity contribution is 5.93. The Morgan fingerprint density at radius 1 is 1.33 bits per heavy atom. The number of nitrogens with zero attached hydrogens (tertiary/aromatic N) is 4. The van der Waals surface area contributed by atoms with Gasteiger partial charge in [0.25, 0.3) is 0 Å². The van der Waals surface area contributed by atoms with Crippen molar-refractivity contribution in [3.05, 3.63) is 30.2 Å². The number of piperidine rings is 1. The first-order chi connectivity index (χ1) is 11.6. The van der Waals surface area contributed by atoms with Gasteiger partial charge in [0, 0.05) is 36.5 Å². The quantitative estimate of drug-likeness (QED) is 0.882. The Balaban J connectivity index is 1.63. The lowest BCUT2D eigenvalue weighted by Crippen LogP contribution is -2.46. The molecule has 0 aliphatic carbocycles. The van der Waals surface area contributed by atoms with Crippen molar-refractivity contribution in [2.75, 3.05) is 18.4 Å². The summed E-state index contributed by atoms with van der Waals surface area (Å²) in [5.74, 6) is 1.18.